The molecular formula is C16H15Cl3N2O. The maximum atomic E-state index is 12.4. The molecule has 1 unspecified atom stereocenters. The maximum absolute atomic E-state index is 12.4. The fourth-order valence-corrected chi connectivity index (χ4v) is 2.74. The quantitative estimate of drug-likeness (QED) is 0.731. The number of amides is 2. The van der Waals surface area contributed by atoms with Crippen molar-refractivity contribution in [2.24, 2.45) is 0 Å². The van der Waals surface area contributed by atoms with Gasteiger partial charge in [-0.2, -0.15) is 0 Å². The first kappa shape index (κ1) is 16.9. The Morgan fingerprint density at radius 1 is 1.09 bits per heavy atom. The van der Waals surface area contributed by atoms with Crippen LogP contribution in [0.25, 0.3) is 0 Å². The lowest BCUT2D eigenvalue weighted by molar-refractivity contribution is 0.208. The maximum Gasteiger partial charge on any atom is 0.322 e. The van der Waals surface area contributed by atoms with Gasteiger partial charge in [-0.05, 0) is 36.8 Å². The van der Waals surface area contributed by atoms with Gasteiger partial charge in [0.15, 0.2) is 0 Å². The molecule has 0 heterocycles. The van der Waals surface area contributed by atoms with Crippen LogP contribution in [0.15, 0.2) is 42.5 Å². The van der Waals surface area contributed by atoms with Crippen molar-refractivity contribution in [1.29, 1.82) is 0 Å². The molecule has 0 spiro atoms. The Kier molecular flexibility index (Phi) is 5.57. The summed E-state index contributed by atoms with van der Waals surface area (Å²) in [5.41, 5.74) is 1.39. The normalized spacial score (nSPS) is 11.9. The van der Waals surface area contributed by atoms with Crippen molar-refractivity contribution < 1.29 is 4.79 Å². The number of carbonyl (C=O) groups is 1. The Hall–Kier alpha value is -1.42. The summed E-state index contributed by atoms with van der Waals surface area (Å²) < 4.78 is 0. The standard InChI is InChI=1S/C16H15Cl3N2O/c1-10(12-5-3-4-6-13(12)18)21(2)16(22)20-15-8-7-11(17)9-14(15)19/h3-10H,1-2H3,(H,20,22). The fourth-order valence-electron chi connectivity index (χ4n) is 1.99. The van der Waals surface area contributed by atoms with E-state index in [9.17, 15) is 4.79 Å². The van der Waals surface area contributed by atoms with E-state index < -0.39 is 0 Å². The van der Waals surface area contributed by atoms with Crippen LogP contribution < -0.4 is 5.32 Å². The van der Waals surface area contributed by atoms with Crippen LogP contribution in [-0.2, 0) is 0 Å². The van der Waals surface area contributed by atoms with Gasteiger partial charge >= 0.3 is 6.03 Å². The van der Waals surface area contributed by atoms with Gasteiger partial charge in [-0.15, -0.1) is 0 Å². The van der Waals surface area contributed by atoms with Crippen molar-refractivity contribution in [3.63, 3.8) is 0 Å². The molecular weight excluding hydrogens is 343 g/mol. The third kappa shape index (κ3) is 3.86. The molecule has 22 heavy (non-hydrogen) atoms. The number of nitrogens with zero attached hydrogens (tertiary/aromatic N) is 1. The molecule has 0 aromatic heterocycles. The number of hydrogen-bond acceptors (Lipinski definition) is 1. The van der Waals surface area contributed by atoms with E-state index >= 15 is 0 Å². The summed E-state index contributed by atoms with van der Waals surface area (Å²) in [6, 6.07) is 11.9. The molecule has 116 valence electrons. The molecule has 1 N–H and O–H groups in total. The van der Waals surface area contributed by atoms with Crippen LogP contribution in [0.3, 0.4) is 0 Å². The molecule has 2 aromatic carbocycles. The van der Waals surface area contributed by atoms with Gasteiger partial charge in [0.05, 0.1) is 16.8 Å². The predicted octanol–water partition coefficient (Wildman–Crippen LogP) is 5.87. The Morgan fingerprint density at radius 2 is 1.77 bits per heavy atom. The second-order valence-corrected chi connectivity index (χ2v) is 6.11. The van der Waals surface area contributed by atoms with Gasteiger partial charge in [0.25, 0.3) is 0 Å². The Balaban J connectivity index is 2.13. The summed E-state index contributed by atoms with van der Waals surface area (Å²) in [7, 11) is 1.70. The summed E-state index contributed by atoms with van der Waals surface area (Å²) in [5.74, 6) is 0. The van der Waals surface area contributed by atoms with Crippen LogP contribution in [0.4, 0.5) is 10.5 Å². The first-order valence-electron chi connectivity index (χ1n) is 6.63. The molecule has 6 heteroatoms. The summed E-state index contributed by atoms with van der Waals surface area (Å²) in [6.07, 6.45) is 0. The Bertz CT molecular complexity index is 691. The van der Waals surface area contributed by atoms with E-state index in [0.717, 1.165) is 5.56 Å². The molecule has 0 aliphatic carbocycles. The predicted molar refractivity (Wildman–Crippen MR) is 93.1 cm³/mol. The lowest BCUT2D eigenvalue weighted by Crippen LogP contribution is -2.33. The minimum atomic E-state index is -0.281. The lowest BCUT2D eigenvalue weighted by Gasteiger charge is -2.26. The van der Waals surface area contributed by atoms with E-state index in [1.54, 1.807) is 36.2 Å². The summed E-state index contributed by atoms with van der Waals surface area (Å²) in [6.45, 7) is 1.91. The number of hydrogen-bond donors (Lipinski definition) is 1. The zero-order chi connectivity index (χ0) is 16.3. The number of benzene rings is 2. The molecule has 2 aromatic rings. The average molecular weight is 358 g/mol. The molecule has 2 amide bonds. The van der Waals surface area contributed by atoms with Crippen molar-refractivity contribution in [3.8, 4) is 0 Å². The largest absolute Gasteiger partial charge is 0.322 e. The number of rotatable bonds is 3. The van der Waals surface area contributed by atoms with E-state index in [4.69, 9.17) is 34.8 Å². The highest BCUT2D eigenvalue weighted by molar-refractivity contribution is 6.36. The van der Waals surface area contributed by atoms with Gasteiger partial charge in [-0.25, -0.2) is 4.79 Å². The molecule has 3 nitrogen and oxygen atoms in total. The van der Waals surface area contributed by atoms with Crippen molar-refractivity contribution in [3.05, 3.63) is 63.1 Å². The number of urea groups is 1. The fraction of sp³-hybridized carbons (Fsp3) is 0.188. The van der Waals surface area contributed by atoms with Crippen LogP contribution in [-0.4, -0.2) is 18.0 Å². The van der Waals surface area contributed by atoms with E-state index in [1.165, 1.54) is 0 Å². The monoisotopic (exact) mass is 356 g/mol. The van der Waals surface area contributed by atoms with Crippen LogP contribution in [0, 0.1) is 0 Å². The smallest absolute Gasteiger partial charge is 0.321 e. The van der Waals surface area contributed by atoms with E-state index in [-0.39, 0.29) is 12.1 Å². The zero-order valence-electron chi connectivity index (χ0n) is 12.1. The van der Waals surface area contributed by atoms with Crippen LogP contribution in [0.2, 0.25) is 15.1 Å². The van der Waals surface area contributed by atoms with Crippen LogP contribution in [0.1, 0.15) is 18.5 Å². The molecule has 1 atom stereocenters. The van der Waals surface area contributed by atoms with Gasteiger partial charge in [-0.3, -0.25) is 0 Å². The molecule has 0 saturated carbocycles. The molecule has 0 radical (unpaired) electrons. The van der Waals surface area contributed by atoms with E-state index in [1.807, 2.05) is 25.1 Å². The number of anilines is 1. The van der Waals surface area contributed by atoms with Gasteiger partial charge in [0.1, 0.15) is 0 Å². The third-order valence-corrected chi connectivity index (χ3v) is 4.32. The van der Waals surface area contributed by atoms with Crippen LogP contribution >= 0.6 is 34.8 Å². The molecule has 0 aliphatic heterocycles. The lowest BCUT2D eigenvalue weighted by atomic mass is 10.1. The first-order chi connectivity index (χ1) is 10.4. The Labute approximate surface area is 144 Å². The highest BCUT2D eigenvalue weighted by Crippen LogP contribution is 2.28. The SMILES string of the molecule is CC(c1ccccc1Cl)N(C)C(=O)Nc1ccc(Cl)cc1Cl. The second kappa shape index (κ2) is 7.23. The van der Waals surface area contributed by atoms with Crippen molar-refractivity contribution >= 4 is 46.5 Å². The van der Waals surface area contributed by atoms with Crippen molar-refractivity contribution in [2.75, 3.05) is 12.4 Å². The molecule has 0 bridgehead atoms. The molecule has 0 saturated heterocycles. The van der Waals surface area contributed by atoms with Crippen molar-refractivity contribution in [1.82, 2.24) is 4.90 Å². The summed E-state index contributed by atoms with van der Waals surface area (Å²) in [5, 5.41) is 4.29. The van der Waals surface area contributed by atoms with E-state index in [2.05, 4.69) is 5.32 Å². The van der Waals surface area contributed by atoms with Gasteiger partial charge in [0.2, 0.25) is 0 Å². The second-order valence-electron chi connectivity index (χ2n) is 4.86. The molecule has 2 rings (SSSR count). The summed E-state index contributed by atoms with van der Waals surface area (Å²) in [4.78, 5) is 13.9. The number of halogens is 3. The first-order valence-corrected chi connectivity index (χ1v) is 7.77. The number of nitrogens with one attached hydrogen (secondary N) is 1. The minimum absolute atomic E-state index is 0.181. The van der Waals surface area contributed by atoms with Crippen molar-refractivity contribution in [2.45, 2.75) is 13.0 Å². The Morgan fingerprint density at radius 3 is 2.41 bits per heavy atom. The van der Waals surface area contributed by atoms with Gasteiger partial charge in [-0.1, -0.05) is 53.0 Å². The third-order valence-electron chi connectivity index (χ3n) is 3.43. The molecule has 0 fully saturated rings. The van der Waals surface area contributed by atoms with E-state index in [0.29, 0.717) is 20.8 Å². The highest BCUT2D eigenvalue weighted by Gasteiger charge is 2.20. The molecule has 0 aliphatic rings. The van der Waals surface area contributed by atoms with Gasteiger partial charge < -0.3 is 10.2 Å². The van der Waals surface area contributed by atoms with Gasteiger partial charge in [0, 0.05) is 17.1 Å². The highest BCUT2D eigenvalue weighted by atomic mass is 35.5. The van der Waals surface area contributed by atoms with Crippen LogP contribution in [0.5, 0.6) is 0 Å². The average Bonchev–Trinajstić information content (AvgIpc) is 2.49. The topological polar surface area (TPSA) is 32.3 Å². The minimum Gasteiger partial charge on any atom is -0.321 e. The zero-order valence-corrected chi connectivity index (χ0v) is 14.4. The number of carbonyl (C=O) groups excluding carboxylic acids is 1. The summed E-state index contributed by atoms with van der Waals surface area (Å²) >= 11 is 18.1.